The Morgan fingerprint density at radius 3 is 2.55 bits per heavy atom. The summed E-state index contributed by atoms with van der Waals surface area (Å²) in [5, 5.41) is 2.28. The highest BCUT2D eigenvalue weighted by Gasteiger charge is 2.18. The van der Waals surface area contributed by atoms with Gasteiger partial charge in [-0.25, -0.2) is 0 Å². The average Bonchev–Trinajstić information content (AvgIpc) is 2.83. The molecule has 0 aliphatic rings. The van der Waals surface area contributed by atoms with Gasteiger partial charge in [0, 0.05) is 27.1 Å². The Hall–Kier alpha value is -1.87. The van der Waals surface area contributed by atoms with E-state index < -0.39 is 0 Å². The molecule has 0 fully saturated rings. The highest BCUT2D eigenvalue weighted by molar-refractivity contribution is 7.25. The number of hydrogen-bond acceptors (Lipinski definition) is 3. The molecular weight excluding hydrogens is 292 g/mol. The van der Waals surface area contributed by atoms with E-state index in [-0.39, 0.29) is 5.97 Å². The summed E-state index contributed by atoms with van der Waals surface area (Å²) < 4.78 is 8.11. The van der Waals surface area contributed by atoms with Gasteiger partial charge in [-0.3, -0.25) is 4.79 Å². The number of ether oxygens (including phenoxy) is 1. The number of rotatable bonds is 3. The minimum absolute atomic E-state index is 0.253. The zero-order chi connectivity index (χ0) is 15.9. The first-order chi connectivity index (χ1) is 10.5. The Morgan fingerprint density at radius 1 is 1.14 bits per heavy atom. The van der Waals surface area contributed by atoms with E-state index in [9.17, 15) is 4.79 Å². The van der Waals surface area contributed by atoms with Crippen molar-refractivity contribution in [2.45, 2.75) is 40.5 Å². The second kappa shape index (κ2) is 5.73. The number of carbonyl (C=O) groups is 1. The summed E-state index contributed by atoms with van der Waals surface area (Å²) in [6.45, 7) is 7.84. The molecule has 0 bridgehead atoms. The molecule has 3 rings (SSSR count). The van der Waals surface area contributed by atoms with Crippen LogP contribution in [0.1, 0.15) is 37.5 Å². The minimum Gasteiger partial charge on any atom is -0.426 e. The predicted octanol–water partition coefficient (Wildman–Crippen LogP) is 5.41. The van der Waals surface area contributed by atoms with Crippen molar-refractivity contribution in [3.05, 3.63) is 41.0 Å². The number of aryl methyl sites for hydroxylation is 2. The maximum absolute atomic E-state index is 11.6. The third-order valence-corrected chi connectivity index (χ3v) is 5.16. The lowest BCUT2D eigenvalue weighted by Crippen LogP contribution is -2.06. The van der Waals surface area contributed by atoms with Crippen LogP contribution in [0.5, 0.6) is 5.75 Å². The van der Waals surface area contributed by atoms with Crippen LogP contribution in [0.3, 0.4) is 0 Å². The number of carbonyl (C=O) groups excluding carboxylic acids is 1. The first-order valence-corrected chi connectivity index (χ1v) is 8.52. The number of esters is 1. The van der Waals surface area contributed by atoms with Crippen molar-refractivity contribution >= 4 is 37.5 Å². The summed E-state index contributed by atoms with van der Waals surface area (Å²) in [6.07, 6.45) is 1.81. The molecule has 114 valence electrons. The van der Waals surface area contributed by atoms with E-state index in [1.54, 1.807) is 11.3 Å². The van der Waals surface area contributed by atoms with E-state index in [1.165, 1.54) is 32.8 Å². The molecule has 22 heavy (non-hydrogen) atoms. The van der Waals surface area contributed by atoms with E-state index in [2.05, 4.69) is 45.0 Å². The first kappa shape index (κ1) is 15.0. The maximum atomic E-state index is 11.6. The lowest BCUT2D eigenvalue weighted by molar-refractivity contribution is -0.131. The molecule has 0 amide bonds. The number of fused-ring (bicyclic) bond motifs is 3. The van der Waals surface area contributed by atoms with Crippen molar-refractivity contribution in [3.63, 3.8) is 0 Å². The van der Waals surface area contributed by atoms with Gasteiger partial charge in [-0.1, -0.05) is 25.5 Å². The zero-order valence-corrected chi connectivity index (χ0v) is 14.3. The quantitative estimate of drug-likeness (QED) is 0.477. The van der Waals surface area contributed by atoms with Crippen LogP contribution >= 0.6 is 11.3 Å². The van der Waals surface area contributed by atoms with E-state index in [0.29, 0.717) is 0 Å². The van der Waals surface area contributed by atoms with Crippen LogP contribution in [0.25, 0.3) is 20.2 Å². The highest BCUT2D eigenvalue weighted by atomic mass is 32.1. The monoisotopic (exact) mass is 312 g/mol. The van der Waals surface area contributed by atoms with Crippen molar-refractivity contribution in [1.82, 2.24) is 0 Å². The lowest BCUT2D eigenvalue weighted by atomic mass is 9.98. The molecule has 0 aliphatic heterocycles. The van der Waals surface area contributed by atoms with E-state index >= 15 is 0 Å². The molecule has 1 aromatic heterocycles. The van der Waals surface area contributed by atoms with Gasteiger partial charge in [0.05, 0.1) is 0 Å². The van der Waals surface area contributed by atoms with E-state index in [0.717, 1.165) is 29.5 Å². The molecule has 0 aliphatic carbocycles. The Morgan fingerprint density at radius 2 is 1.91 bits per heavy atom. The summed E-state index contributed by atoms with van der Waals surface area (Å²) in [6, 6.07) is 8.74. The number of thiophene rings is 1. The first-order valence-electron chi connectivity index (χ1n) is 7.71. The Kier molecular flexibility index (Phi) is 3.92. The summed E-state index contributed by atoms with van der Waals surface area (Å²) in [5.74, 6) is 0.512. The Labute approximate surface area is 134 Å². The standard InChI is InChI=1S/C19H20O2S/c1-5-13-10-17-18(19(14(13)6-2)21-12(4)20)15-9-11(3)7-8-16(15)22-17/h7-10H,5-6H2,1-4H3. The molecule has 0 saturated carbocycles. The van der Waals surface area contributed by atoms with Gasteiger partial charge in [0.1, 0.15) is 5.75 Å². The molecule has 3 aromatic rings. The van der Waals surface area contributed by atoms with Crippen molar-refractivity contribution < 1.29 is 9.53 Å². The Bertz CT molecular complexity index is 874. The fourth-order valence-corrected chi connectivity index (χ4v) is 4.22. The molecule has 0 saturated heterocycles. The zero-order valence-electron chi connectivity index (χ0n) is 13.4. The van der Waals surface area contributed by atoms with Crippen molar-refractivity contribution in [3.8, 4) is 5.75 Å². The number of benzene rings is 2. The maximum Gasteiger partial charge on any atom is 0.308 e. The van der Waals surface area contributed by atoms with Gasteiger partial charge >= 0.3 is 5.97 Å². The van der Waals surface area contributed by atoms with Crippen LogP contribution in [0, 0.1) is 6.92 Å². The van der Waals surface area contributed by atoms with Crippen molar-refractivity contribution in [1.29, 1.82) is 0 Å². The predicted molar refractivity (Wildman–Crippen MR) is 94.1 cm³/mol. The molecule has 0 N–H and O–H groups in total. The second-order valence-corrected chi connectivity index (χ2v) is 6.70. The Balaban J connectivity index is 2.47. The topological polar surface area (TPSA) is 26.3 Å². The van der Waals surface area contributed by atoms with Crippen LogP contribution in [0.4, 0.5) is 0 Å². The van der Waals surface area contributed by atoms with Crippen LogP contribution < -0.4 is 4.74 Å². The highest BCUT2D eigenvalue weighted by Crippen LogP contribution is 2.43. The molecule has 2 nitrogen and oxygen atoms in total. The van der Waals surface area contributed by atoms with Crippen molar-refractivity contribution in [2.75, 3.05) is 0 Å². The van der Waals surface area contributed by atoms with Gasteiger partial charge in [0.15, 0.2) is 0 Å². The molecule has 0 radical (unpaired) electrons. The third kappa shape index (κ3) is 2.40. The van der Waals surface area contributed by atoms with Gasteiger partial charge in [-0.15, -0.1) is 11.3 Å². The van der Waals surface area contributed by atoms with Crippen LogP contribution in [-0.4, -0.2) is 5.97 Å². The molecule has 0 unspecified atom stereocenters. The van der Waals surface area contributed by atoms with Crippen LogP contribution in [0.15, 0.2) is 24.3 Å². The molecule has 3 heteroatoms. The van der Waals surface area contributed by atoms with Crippen LogP contribution in [-0.2, 0) is 17.6 Å². The summed E-state index contributed by atoms with van der Waals surface area (Å²) in [7, 11) is 0. The molecule has 2 aromatic carbocycles. The fourth-order valence-electron chi connectivity index (χ4n) is 3.07. The summed E-state index contributed by atoms with van der Waals surface area (Å²) >= 11 is 1.77. The van der Waals surface area contributed by atoms with Gasteiger partial charge in [-0.05, 0) is 49.1 Å². The van der Waals surface area contributed by atoms with E-state index in [4.69, 9.17) is 4.74 Å². The molecule has 0 atom stereocenters. The molecule has 0 spiro atoms. The SMILES string of the molecule is CCc1cc2sc3ccc(C)cc3c2c(OC(C)=O)c1CC. The summed E-state index contributed by atoms with van der Waals surface area (Å²) in [4.78, 5) is 11.6. The van der Waals surface area contributed by atoms with Crippen molar-refractivity contribution in [2.24, 2.45) is 0 Å². The summed E-state index contributed by atoms with van der Waals surface area (Å²) in [5.41, 5.74) is 3.65. The van der Waals surface area contributed by atoms with Gasteiger partial charge in [-0.2, -0.15) is 0 Å². The fraction of sp³-hybridized carbons (Fsp3) is 0.316. The largest absolute Gasteiger partial charge is 0.426 e. The molecular formula is C19H20O2S. The average molecular weight is 312 g/mol. The normalized spacial score (nSPS) is 11.3. The third-order valence-electron chi connectivity index (χ3n) is 4.05. The van der Waals surface area contributed by atoms with Gasteiger partial charge in [0.2, 0.25) is 0 Å². The lowest BCUT2D eigenvalue weighted by Gasteiger charge is -2.14. The number of hydrogen-bond donors (Lipinski definition) is 0. The van der Waals surface area contributed by atoms with Gasteiger partial charge in [0.25, 0.3) is 0 Å². The second-order valence-electron chi connectivity index (χ2n) is 5.62. The molecule has 1 heterocycles. The van der Waals surface area contributed by atoms with Gasteiger partial charge < -0.3 is 4.74 Å². The minimum atomic E-state index is -0.253. The smallest absolute Gasteiger partial charge is 0.308 e. The van der Waals surface area contributed by atoms with Crippen LogP contribution in [0.2, 0.25) is 0 Å². The van der Waals surface area contributed by atoms with E-state index in [1.807, 2.05) is 0 Å².